The molecule has 0 heterocycles. The molecule has 0 amide bonds. The van der Waals surface area contributed by atoms with Crippen LogP contribution in [0.15, 0.2) is 17.0 Å². The Morgan fingerprint density at radius 3 is 2.67 bits per heavy atom. The van der Waals surface area contributed by atoms with E-state index in [2.05, 4.69) is 4.74 Å². The number of thioether (sulfide) groups is 1. The number of carboxylic acid groups (broad SMARTS) is 1. The number of nitrogens with two attached hydrogens (primary N) is 1. The lowest BCUT2D eigenvalue weighted by Gasteiger charge is -2.10. The molecular formula is C12H15NO4S. The molecule has 0 aliphatic rings. The Kier molecular flexibility index (Phi) is 5.03. The van der Waals surface area contributed by atoms with Gasteiger partial charge >= 0.3 is 11.9 Å². The molecule has 0 aliphatic carbocycles. The molecule has 0 aromatic heterocycles. The number of benzene rings is 1. The van der Waals surface area contributed by atoms with E-state index in [1.165, 1.54) is 18.9 Å². The topological polar surface area (TPSA) is 89.6 Å². The SMILES string of the molecule is COC(=O)c1cc(N)c(SCCC(=O)O)cc1C. The van der Waals surface area contributed by atoms with E-state index in [9.17, 15) is 9.59 Å². The number of carbonyl (C=O) groups is 2. The maximum Gasteiger partial charge on any atom is 0.338 e. The highest BCUT2D eigenvalue weighted by atomic mass is 32.2. The smallest absolute Gasteiger partial charge is 0.338 e. The highest BCUT2D eigenvalue weighted by Crippen LogP contribution is 2.29. The van der Waals surface area contributed by atoms with E-state index in [0.717, 1.165) is 10.5 Å². The van der Waals surface area contributed by atoms with Gasteiger partial charge in [0.05, 0.1) is 19.1 Å². The van der Waals surface area contributed by atoms with E-state index in [1.807, 2.05) is 0 Å². The van der Waals surface area contributed by atoms with Crippen LogP contribution < -0.4 is 5.73 Å². The third-order valence-corrected chi connectivity index (χ3v) is 3.41. The van der Waals surface area contributed by atoms with Gasteiger partial charge in [-0.15, -0.1) is 11.8 Å². The second kappa shape index (κ2) is 6.30. The quantitative estimate of drug-likeness (QED) is 0.482. The van der Waals surface area contributed by atoms with Crippen LogP contribution in [0.2, 0.25) is 0 Å². The Balaban J connectivity index is 2.86. The standard InChI is InChI=1S/C12H15NO4S/c1-7-5-10(18-4-3-11(14)15)9(13)6-8(7)12(16)17-2/h5-6H,3-4,13H2,1-2H3,(H,14,15). The minimum atomic E-state index is -0.844. The third kappa shape index (κ3) is 3.66. The maximum absolute atomic E-state index is 11.4. The molecule has 1 aromatic rings. The summed E-state index contributed by atoms with van der Waals surface area (Å²) in [6.07, 6.45) is 0.0713. The van der Waals surface area contributed by atoms with E-state index in [4.69, 9.17) is 10.8 Å². The molecule has 1 aromatic carbocycles. The van der Waals surface area contributed by atoms with Crippen LogP contribution >= 0.6 is 11.8 Å². The predicted octanol–water partition coefficient (Wildman–Crippen LogP) is 1.93. The molecule has 1 rings (SSSR count). The lowest BCUT2D eigenvalue weighted by atomic mass is 10.1. The van der Waals surface area contributed by atoms with Crippen molar-refractivity contribution in [1.82, 2.24) is 0 Å². The van der Waals surface area contributed by atoms with Crippen LogP contribution in [-0.4, -0.2) is 29.9 Å². The number of methoxy groups -OCH3 is 1. The zero-order valence-electron chi connectivity index (χ0n) is 10.2. The fourth-order valence-corrected chi connectivity index (χ4v) is 2.38. The maximum atomic E-state index is 11.4. The Morgan fingerprint density at radius 2 is 2.11 bits per heavy atom. The molecule has 6 heteroatoms. The van der Waals surface area contributed by atoms with Gasteiger partial charge in [-0.1, -0.05) is 0 Å². The molecule has 0 unspecified atom stereocenters. The van der Waals surface area contributed by atoms with Gasteiger partial charge in [0.15, 0.2) is 0 Å². The van der Waals surface area contributed by atoms with Crippen LogP contribution in [0.5, 0.6) is 0 Å². The molecule has 18 heavy (non-hydrogen) atoms. The van der Waals surface area contributed by atoms with Gasteiger partial charge in [-0.3, -0.25) is 4.79 Å². The van der Waals surface area contributed by atoms with Crippen LogP contribution in [0.4, 0.5) is 5.69 Å². The van der Waals surface area contributed by atoms with E-state index >= 15 is 0 Å². The van der Waals surface area contributed by atoms with Crippen LogP contribution in [-0.2, 0) is 9.53 Å². The molecule has 0 aliphatic heterocycles. The summed E-state index contributed by atoms with van der Waals surface area (Å²) in [6.45, 7) is 1.78. The van der Waals surface area contributed by atoms with Gasteiger partial charge in [0.25, 0.3) is 0 Å². The number of rotatable bonds is 5. The summed E-state index contributed by atoms with van der Waals surface area (Å²) in [5, 5.41) is 8.56. The van der Waals surface area contributed by atoms with E-state index in [0.29, 0.717) is 17.0 Å². The normalized spacial score (nSPS) is 10.1. The number of aliphatic carboxylic acids is 1. The van der Waals surface area contributed by atoms with Crippen molar-refractivity contribution in [3.05, 3.63) is 23.3 Å². The number of aryl methyl sites for hydroxylation is 1. The van der Waals surface area contributed by atoms with E-state index < -0.39 is 11.9 Å². The summed E-state index contributed by atoms with van der Waals surface area (Å²) in [5.41, 5.74) is 7.47. The van der Waals surface area contributed by atoms with Crippen molar-refractivity contribution in [1.29, 1.82) is 0 Å². The predicted molar refractivity (Wildman–Crippen MR) is 69.9 cm³/mol. The van der Waals surface area contributed by atoms with Crippen LogP contribution in [0.1, 0.15) is 22.3 Å². The number of anilines is 1. The highest BCUT2D eigenvalue weighted by molar-refractivity contribution is 7.99. The summed E-state index contributed by atoms with van der Waals surface area (Å²) in [4.78, 5) is 22.6. The zero-order chi connectivity index (χ0) is 13.7. The van der Waals surface area contributed by atoms with Crippen molar-refractivity contribution in [3.8, 4) is 0 Å². The first-order valence-electron chi connectivity index (χ1n) is 5.28. The molecular weight excluding hydrogens is 254 g/mol. The van der Waals surface area contributed by atoms with Gasteiger partial charge in [-0.2, -0.15) is 0 Å². The molecule has 0 fully saturated rings. The first-order chi connectivity index (χ1) is 8.45. The number of carbonyl (C=O) groups excluding carboxylic acids is 1. The Hall–Kier alpha value is -1.69. The van der Waals surface area contributed by atoms with Crippen molar-refractivity contribution in [2.24, 2.45) is 0 Å². The summed E-state index contributed by atoms with van der Waals surface area (Å²) >= 11 is 1.36. The van der Waals surface area contributed by atoms with Gasteiger partial charge in [0.1, 0.15) is 0 Å². The first-order valence-corrected chi connectivity index (χ1v) is 6.27. The van der Waals surface area contributed by atoms with Crippen molar-refractivity contribution in [3.63, 3.8) is 0 Å². The average molecular weight is 269 g/mol. The van der Waals surface area contributed by atoms with Crippen LogP contribution in [0, 0.1) is 6.92 Å². The summed E-state index contributed by atoms with van der Waals surface area (Å²) < 4.78 is 4.65. The van der Waals surface area contributed by atoms with Crippen LogP contribution in [0.3, 0.4) is 0 Å². The molecule has 0 atom stereocenters. The lowest BCUT2D eigenvalue weighted by molar-refractivity contribution is -0.136. The monoisotopic (exact) mass is 269 g/mol. The Bertz CT molecular complexity index is 473. The number of carboxylic acids is 1. The average Bonchev–Trinajstić information content (AvgIpc) is 2.31. The molecule has 0 radical (unpaired) electrons. The summed E-state index contributed by atoms with van der Waals surface area (Å²) in [6, 6.07) is 3.33. The molecule has 3 N–H and O–H groups in total. The molecule has 5 nitrogen and oxygen atoms in total. The van der Waals surface area contributed by atoms with Gasteiger partial charge in [-0.25, -0.2) is 4.79 Å². The Labute approximate surface area is 109 Å². The number of ether oxygens (including phenoxy) is 1. The van der Waals surface area contributed by atoms with Crippen molar-refractivity contribution < 1.29 is 19.4 Å². The van der Waals surface area contributed by atoms with E-state index in [-0.39, 0.29) is 6.42 Å². The molecule has 0 saturated heterocycles. The minimum Gasteiger partial charge on any atom is -0.481 e. The second-order valence-electron chi connectivity index (χ2n) is 3.69. The summed E-state index contributed by atoms with van der Waals surface area (Å²) in [7, 11) is 1.31. The fraction of sp³-hybridized carbons (Fsp3) is 0.333. The third-order valence-electron chi connectivity index (χ3n) is 2.34. The largest absolute Gasteiger partial charge is 0.481 e. The molecule has 0 spiro atoms. The van der Waals surface area contributed by atoms with Gasteiger partial charge < -0.3 is 15.6 Å². The minimum absolute atomic E-state index is 0.0713. The highest BCUT2D eigenvalue weighted by Gasteiger charge is 2.12. The van der Waals surface area contributed by atoms with Crippen molar-refractivity contribution in [2.45, 2.75) is 18.2 Å². The van der Waals surface area contributed by atoms with Crippen LogP contribution in [0.25, 0.3) is 0 Å². The molecule has 98 valence electrons. The first kappa shape index (κ1) is 14.4. The number of hydrogen-bond acceptors (Lipinski definition) is 5. The van der Waals surface area contributed by atoms with Gasteiger partial charge in [0.2, 0.25) is 0 Å². The molecule has 0 bridgehead atoms. The zero-order valence-corrected chi connectivity index (χ0v) is 11.0. The lowest BCUT2D eigenvalue weighted by Crippen LogP contribution is -2.05. The fourth-order valence-electron chi connectivity index (χ4n) is 1.40. The van der Waals surface area contributed by atoms with Gasteiger partial charge in [0, 0.05) is 16.3 Å². The molecule has 0 saturated carbocycles. The van der Waals surface area contributed by atoms with Gasteiger partial charge in [-0.05, 0) is 24.6 Å². The second-order valence-corrected chi connectivity index (χ2v) is 4.83. The van der Waals surface area contributed by atoms with Crippen molar-refractivity contribution >= 4 is 29.4 Å². The number of esters is 1. The van der Waals surface area contributed by atoms with Crippen molar-refractivity contribution in [2.75, 3.05) is 18.6 Å². The van der Waals surface area contributed by atoms with E-state index in [1.54, 1.807) is 19.1 Å². The number of nitrogen functional groups attached to an aromatic ring is 1. The Morgan fingerprint density at radius 1 is 1.44 bits per heavy atom. The summed E-state index contributed by atoms with van der Waals surface area (Å²) in [5.74, 6) is -0.832. The number of hydrogen-bond donors (Lipinski definition) is 2.